The summed E-state index contributed by atoms with van der Waals surface area (Å²) in [5.41, 5.74) is 6.80. The Labute approximate surface area is 209 Å². The molecule has 1 amide bonds. The van der Waals surface area contributed by atoms with Crippen LogP contribution in [0.3, 0.4) is 0 Å². The maximum Gasteiger partial charge on any atom is 0.277 e. The van der Waals surface area contributed by atoms with Crippen LogP contribution in [0.25, 0.3) is 16.8 Å². The number of anilines is 1. The molecule has 0 spiro atoms. The van der Waals surface area contributed by atoms with Gasteiger partial charge in [-0.25, -0.2) is 4.68 Å². The fourth-order valence-corrected chi connectivity index (χ4v) is 4.74. The zero-order chi connectivity index (χ0) is 25.1. The molecular weight excluding hydrogens is 454 g/mol. The molecule has 0 aliphatic carbocycles. The summed E-state index contributed by atoms with van der Waals surface area (Å²) in [5.74, 6) is 0.555. The lowest BCUT2D eigenvalue weighted by molar-refractivity contribution is 0.0973. The predicted octanol–water partition coefficient (Wildman–Crippen LogP) is 4.74. The molecule has 1 aliphatic rings. The van der Waals surface area contributed by atoms with E-state index in [0.717, 1.165) is 34.6 Å². The van der Waals surface area contributed by atoms with Crippen molar-refractivity contribution < 1.29 is 9.53 Å². The largest absolute Gasteiger partial charge is 0.497 e. The number of benzene rings is 3. The summed E-state index contributed by atoms with van der Waals surface area (Å²) in [6.45, 7) is 1.21. The first-order valence-corrected chi connectivity index (χ1v) is 11.8. The highest BCUT2D eigenvalue weighted by Crippen LogP contribution is 2.31. The number of rotatable bonds is 8. The molecule has 8 heteroatoms. The molecule has 0 saturated carbocycles. The van der Waals surface area contributed by atoms with E-state index < -0.39 is 0 Å². The van der Waals surface area contributed by atoms with Gasteiger partial charge in [-0.2, -0.15) is 10.0 Å². The number of methoxy groups -OCH3 is 1. The number of hydrogen-bond acceptors (Lipinski definition) is 6. The minimum absolute atomic E-state index is 0.0699. The molecule has 0 fully saturated rings. The summed E-state index contributed by atoms with van der Waals surface area (Å²) in [6, 6.07) is 23.7. The number of nitrogens with one attached hydrogen (secondary N) is 1. The van der Waals surface area contributed by atoms with Crippen LogP contribution in [-0.4, -0.2) is 36.4 Å². The minimum Gasteiger partial charge on any atom is -0.497 e. The average molecular weight is 482 g/mol. The average Bonchev–Trinajstić information content (AvgIpc) is 3.29. The first kappa shape index (κ1) is 23.4. The molecular formula is C28H27N5O3. The molecule has 0 radical (unpaired) electrons. The van der Waals surface area contributed by atoms with Gasteiger partial charge < -0.3 is 15.0 Å². The third-order valence-electron chi connectivity index (χ3n) is 6.51. The lowest BCUT2D eigenvalue weighted by Crippen LogP contribution is -2.38. The van der Waals surface area contributed by atoms with Gasteiger partial charge in [0.1, 0.15) is 18.0 Å². The van der Waals surface area contributed by atoms with Gasteiger partial charge in [0.25, 0.3) is 5.91 Å². The van der Waals surface area contributed by atoms with Gasteiger partial charge >= 0.3 is 0 Å². The highest BCUT2D eigenvalue weighted by molar-refractivity contribution is 6.07. The Morgan fingerprint density at radius 1 is 1.00 bits per heavy atom. The Balaban J connectivity index is 1.49. The maximum atomic E-state index is 13.8. The van der Waals surface area contributed by atoms with E-state index in [1.807, 2.05) is 55.6 Å². The van der Waals surface area contributed by atoms with Crippen LogP contribution in [0.15, 0.2) is 78.0 Å². The highest BCUT2D eigenvalue weighted by Gasteiger charge is 2.33. The predicted molar refractivity (Wildman–Crippen MR) is 140 cm³/mol. The molecule has 0 atom stereocenters. The van der Waals surface area contributed by atoms with Crippen LogP contribution in [0.1, 0.15) is 27.3 Å². The normalized spacial score (nSPS) is 12.9. The lowest BCUT2D eigenvalue weighted by Gasteiger charge is -2.28. The van der Waals surface area contributed by atoms with Crippen molar-refractivity contribution in [3.05, 3.63) is 100 Å². The second kappa shape index (κ2) is 10.1. The number of hydrogen-bond donors (Lipinski definition) is 1. The monoisotopic (exact) mass is 481 g/mol. The Hall–Kier alpha value is -4.30. The molecule has 1 aromatic heterocycles. The smallest absolute Gasteiger partial charge is 0.277 e. The van der Waals surface area contributed by atoms with Crippen LogP contribution in [0.4, 0.5) is 5.69 Å². The fourth-order valence-electron chi connectivity index (χ4n) is 4.74. The van der Waals surface area contributed by atoms with Crippen LogP contribution in [0.2, 0.25) is 0 Å². The number of fused-ring (bicyclic) bond motifs is 1. The van der Waals surface area contributed by atoms with Crippen molar-refractivity contribution in [2.75, 3.05) is 25.6 Å². The van der Waals surface area contributed by atoms with Crippen molar-refractivity contribution in [3.8, 4) is 22.6 Å². The third-order valence-corrected chi connectivity index (χ3v) is 6.51. The highest BCUT2D eigenvalue weighted by atomic mass is 16.5. The standard InChI is InChI=1S/C28H27N5O3/c1-29-17-20-5-3-4-6-24(20)19-7-9-21(10-8-19)32-16-15-25-26(18-30-35)31-33(27(25)28(32)34)22-11-13-23(36-2)14-12-22/h3-14,29H,15-18H2,1-2H3. The van der Waals surface area contributed by atoms with Crippen molar-refractivity contribution in [1.82, 2.24) is 15.1 Å². The van der Waals surface area contributed by atoms with E-state index in [-0.39, 0.29) is 12.5 Å². The van der Waals surface area contributed by atoms with E-state index in [1.165, 1.54) is 5.56 Å². The summed E-state index contributed by atoms with van der Waals surface area (Å²) in [7, 11) is 3.54. The van der Waals surface area contributed by atoms with Crippen LogP contribution in [0, 0.1) is 4.91 Å². The van der Waals surface area contributed by atoms with E-state index >= 15 is 0 Å². The lowest BCUT2D eigenvalue weighted by atomic mass is 9.98. The summed E-state index contributed by atoms with van der Waals surface area (Å²) in [6.07, 6.45) is 0.592. The summed E-state index contributed by atoms with van der Waals surface area (Å²) in [4.78, 5) is 26.6. The SMILES string of the molecule is CNCc1ccccc1-c1ccc(N2CCc3c(CN=O)nn(-c4ccc(OC)cc4)c3C2=O)cc1. The molecule has 3 aromatic carbocycles. The topological polar surface area (TPSA) is 88.8 Å². The van der Waals surface area contributed by atoms with Crippen molar-refractivity contribution in [2.45, 2.75) is 19.5 Å². The third kappa shape index (κ3) is 4.27. The molecule has 5 rings (SSSR count). The Bertz CT molecular complexity index is 1390. The van der Waals surface area contributed by atoms with E-state index in [0.29, 0.717) is 30.1 Å². The Morgan fingerprint density at radius 2 is 1.72 bits per heavy atom. The van der Waals surface area contributed by atoms with Crippen molar-refractivity contribution >= 4 is 11.6 Å². The minimum atomic E-state index is -0.153. The van der Waals surface area contributed by atoms with Gasteiger partial charge in [0.05, 0.1) is 18.5 Å². The number of aromatic nitrogens is 2. The van der Waals surface area contributed by atoms with Gasteiger partial charge in [-0.15, -0.1) is 0 Å². The first-order valence-electron chi connectivity index (χ1n) is 11.8. The van der Waals surface area contributed by atoms with Gasteiger partial charge in [0, 0.05) is 24.3 Å². The zero-order valence-electron chi connectivity index (χ0n) is 20.3. The van der Waals surface area contributed by atoms with Gasteiger partial charge in [-0.05, 0) is 66.6 Å². The molecule has 2 heterocycles. The van der Waals surface area contributed by atoms with E-state index in [4.69, 9.17) is 4.74 Å². The first-order chi connectivity index (χ1) is 17.6. The number of ether oxygens (including phenoxy) is 1. The van der Waals surface area contributed by atoms with Crippen molar-refractivity contribution in [3.63, 3.8) is 0 Å². The fraction of sp³-hybridized carbons (Fsp3) is 0.214. The summed E-state index contributed by atoms with van der Waals surface area (Å²) in [5, 5.41) is 10.8. The van der Waals surface area contributed by atoms with Crippen molar-refractivity contribution in [2.24, 2.45) is 5.18 Å². The summed E-state index contributed by atoms with van der Waals surface area (Å²) >= 11 is 0. The van der Waals surface area contributed by atoms with Gasteiger partial charge in [-0.3, -0.25) is 4.79 Å². The number of nitrogens with zero attached hydrogens (tertiary/aromatic N) is 4. The van der Waals surface area contributed by atoms with Crippen LogP contribution < -0.4 is 15.0 Å². The molecule has 0 bridgehead atoms. The van der Waals surface area contributed by atoms with Gasteiger partial charge in [-0.1, -0.05) is 41.6 Å². The number of carbonyl (C=O) groups excluding carboxylic acids is 1. The molecule has 0 unspecified atom stereocenters. The molecule has 1 N–H and O–H groups in total. The maximum absolute atomic E-state index is 13.8. The molecule has 8 nitrogen and oxygen atoms in total. The van der Waals surface area contributed by atoms with E-state index in [2.05, 4.69) is 39.9 Å². The van der Waals surface area contributed by atoms with E-state index in [9.17, 15) is 9.70 Å². The van der Waals surface area contributed by atoms with Crippen LogP contribution in [0.5, 0.6) is 5.75 Å². The Kier molecular flexibility index (Phi) is 6.60. The molecule has 182 valence electrons. The van der Waals surface area contributed by atoms with Gasteiger partial charge in [0.15, 0.2) is 0 Å². The molecule has 4 aromatic rings. The van der Waals surface area contributed by atoms with Crippen molar-refractivity contribution in [1.29, 1.82) is 0 Å². The molecule has 1 aliphatic heterocycles. The number of nitroso groups, excluding NO2 is 1. The van der Waals surface area contributed by atoms with Gasteiger partial charge in [0.2, 0.25) is 0 Å². The number of amides is 1. The van der Waals surface area contributed by atoms with E-state index in [1.54, 1.807) is 16.7 Å². The second-order valence-corrected chi connectivity index (χ2v) is 8.61. The second-order valence-electron chi connectivity index (χ2n) is 8.61. The van der Waals surface area contributed by atoms with Crippen LogP contribution >= 0.6 is 0 Å². The quantitative estimate of drug-likeness (QED) is 0.367. The zero-order valence-corrected chi connectivity index (χ0v) is 20.3. The molecule has 0 saturated heterocycles. The number of carbonyl (C=O) groups is 1. The summed E-state index contributed by atoms with van der Waals surface area (Å²) < 4.78 is 6.87. The Morgan fingerprint density at radius 3 is 2.42 bits per heavy atom. The molecule has 36 heavy (non-hydrogen) atoms. The van der Waals surface area contributed by atoms with Crippen LogP contribution in [-0.2, 0) is 19.5 Å².